The molecule has 36 heavy (non-hydrogen) atoms. The van der Waals surface area contributed by atoms with E-state index >= 15 is 0 Å². The summed E-state index contributed by atoms with van der Waals surface area (Å²) in [5.74, 6) is 0.550. The van der Waals surface area contributed by atoms with E-state index in [4.69, 9.17) is 15.5 Å². The van der Waals surface area contributed by atoms with Gasteiger partial charge >= 0.3 is 6.09 Å². The third-order valence-electron chi connectivity index (χ3n) is 6.37. The quantitative estimate of drug-likeness (QED) is 0.415. The van der Waals surface area contributed by atoms with Crippen molar-refractivity contribution in [2.45, 2.75) is 60.5 Å². The van der Waals surface area contributed by atoms with Gasteiger partial charge in [0.05, 0.1) is 11.3 Å². The molecule has 196 valence electrons. The highest BCUT2D eigenvalue weighted by molar-refractivity contribution is 6.13. The molecule has 2 aliphatic rings. The first kappa shape index (κ1) is 27.3. The number of carbonyl (C=O) groups is 2. The molecule has 1 aliphatic carbocycles. The number of rotatable bonds is 5. The summed E-state index contributed by atoms with van der Waals surface area (Å²) in [5, 5.41) is 0. The number of nitrogen functional groups attached to an aromatic ring is 1. The van der Waals surface area contributed by atoms with Crippen molar-refractivity contribution in [1.29, 1.82) is 0 Å². The number of nitrogens with zero attached hydrogens (tertiary/aromatic N) is 3. The number of aromatic amines is 1. The van der Waals surface area contributed by atoms with E-state index in [1.807, 2.05) is 41.5 Å². The summed E-state index contributed by atoms with van der Waals surface area (Å²) in [6, 6.07) is 0. The van der Waals surface area contributed by atoms with Gasteiger partial charge in [-0.2, -0.15) is 0 Å². The minimum Gasteiger partial charge on any atom is -0.444 e. The number of allylic oxidation sites excluding steroid dienone is 5. The average molecular weight is 496 g/mol. The average Bonchev–Trinajstić information content (AvgIpc) is 3.15. The van der Waals surface area contributed by atoms with Crippen molar-refractivity contribution in [2.75, 3.05) is 31.9 Å². The first-order valence-electron chi connectivity index (χ1n) is 12.6. The van der Waals surface area contributed by atoms with Crippen LogP contribution in [0.25, 0.3) is 0 Å². The molecule has 1 aromatic rings. The van der Waals surface area contributed by atoms with Crippen molar-refractivity contribution >= 4 is 29.1 Å². The van der Waals surface area contributed by atoms with Crippen LogP contribution in [0, 0.1) is 11.3 Å². The maximum Gasteiger partial charge on any atom is 0.410 e. The van der Waals surface area contributed by atoms with Gasteiger partial charge in [-0.3, -0.25) is 4.79 Å². The van der Waals surface area contributed by atoms with Crippen molar-refractivity contribution in [1.82, 2.24) is 14.8 Å². The van der Waals surface area contributed by atoms with Gasteiger partial charge in [-0.1, -0.05) is 40.3 Å². The summed E-state index contributed by atoms with van der Waals surface area (Å²) < 4.78 is 5.51. The van der Waals surface area contributed by atoms with E-state index in [1.165, 1.54) is 5.70 Å². The monoisotopic (exact) mass is 495 g/mol. The predicted octanol–water partition coefficient (Wildman–Crippen LogP) is 5.49. The topological polar surface area (TPSA) is 104 Å². The fourth-order valence-electron chi connectivity index (χ4n) is 4.39. The second kappa shape index (κ2) is 10.4. The number of hydrogen-bond donors (Lipinski definition) is 2. The smallest absolute Gasteiger partial charge is 0.410 e. The molecule has 0 unspecified atom stereocenters. The summed E-state index contributed by atoms with van der Waals surface area (Å²) in [7, 11) is 0. The van der Waals surface area contributed by atoms with Crippen molar-refractivity contribution in [3.8, 4) is 0 Å². The number of nitrogens with one attached hydrogen (secondary N) is 1. The lowest BCUT2D eigenvalue weighted by Crippen LogP contribution is -2.49. The Hall–Kier alpha value is -3.29. The van der Waals surface area contributed by atoms with Crippen molar-refractivity contribution < 1.29 is 14.3 Å². The van der Waals surface area contributed by atoms with Crippen molar-refractivity contribution in [2.24, 2.45) is 16.3 Å². The maximum absolute atomic E-state index is 12.9. The SMILES string of the molecule is C=C/C(=N\c1c(C(=O)C(C)(C)C)c[nH]c1N)C1=CC=C(N2CCN(C(=O)OC(C)(C)C)CC2)C[C@@H]1C. The molecule has 0 spiro atoms. The summed E-state index contributed by atoms with van der Waals surface area (Å²) >= 11 is 0. The fourth-order valence-corrected chi connectivity index (χ4v) is 4.39. The van der Waals surface area contributed by atoms with Gasteiger partial charge in [0.2, 0.25) is 0 Å². The number of carbonyl (C=O) groups excluding carboxylic acids is 2. The third kappa shape index (κ3) is 6.28. The number of Topliss-reactive ketones (excluding diaryl/α,β-unsaturated/α-hetero) is 1. The summed E-state index contributed by atoms with van der Waals surface area (Å²) in [6.07, 6.45) is 8.16. The molecule has 8 nitrogen and oxygen atoms in total. The summed E-state index contributed by atoms with van der Waals surface area (Å²) in [6.45, 7) is 20.2. The Balaban J connectivity index is 1.77. The number of aromatic nitrogens is 1. The van der Waals surface area contributed by atoms with E-state index in [1.54, 1.807) is 17.2 Å². The first-order valence-corrected chi connectivity index (χ1v) is 12.6. The van der Waals surface area contributed by atoms with Gasteiger partial charge in [0.15, 0.2) is 5.78 Å². The fraction of sp³-hybridized carbons (Fsp3) is 0.536. The summed E-state index contributed by atoms with van der Waals surface area (Å²) in [4.78, 5) is 37.2. The van der Waals surface area contributed by atoms with Crippen molar-refractivity contribution in [3.05, 3.63) is 47.8 Å². The van der Waals surface area contributed by atoms with Crippen LogP contribution in [-0.2, 0) is 4.74 Å². The summed E-state index contributed by atoms with van der Waals surface area (Å²) in [5.41, 5.74) is 9.07. The van der Waals surface area contributed by atoms with Crippen molar-refractivity contribution in [3.63, 3.8) is 0 Å². The van der Waals surface area contributed by atoms with Crippen LogP contribution in [0.1, 0.15) is 65.2 Å². The Labute approximate surface area is 215 Å². The van der Waals surface area contributed by atoms with Gasteiger partial charge < -0.3 is 25.3 Å². The number of ether oxygens (including phenoxy) is 1. The number of amides is 1. The zero-order valence-electron chi connectivity index (χ0n) is 22.8. The Morgan fingerprint density at radius 2 is 1.78 bits per heavy atom. The van der Waals surface area contributed by atoms with Crippen LogP contribution in [0.3, 0.4) is 0 Å². The molecule has 3 rings (SSSR count). The number of hydrogen-bond acceptors (Lipinski definition) is 6. The predicted molar refractivity (Wildman–Crippen MR) is 146 cm³/mol. The van der Waals surface area contributed by atoms with Crippen LogP contribution in [0.4, 0.5) is 16.3 Å². The number of anilines is 1. The molecular weight excluding hydrogens is 454 g/mol. The Morgan fingerprint density at radius 3 is 2.31 bits per heavy atom. The normalized spacial score (nSPS) is 19.5. The Kier molecular flexibility index (Phi) is 7.86. The molecule has 3 N–H and O–H groups in total. The molecule has 0 bridgehead atoms. The molecule has 1 fully saturated rings. The highest BCUT2D eigenvalue weighted by atomic mass is 16.6. The van der Waals surface area contributed by atoms with Gasteiger partial charge in [0.25, 0.3) is 0 Å². The first-order chi connectivity index (χ1) is 16.7. The van der Waals surface area contributed by atoms with Gasteiger partial charge in [-0.25, -0.2) is 9.79 Å². The molecule has 2 heterocycles. The number of ketones is 1. The number of H-pyrrole nitrogens is 1. The molecular formula is C28H41N5O3. The second-order valence-corrected chi connectivity index (χ2v) is 11.6. The maximum atomic E-state index is 12.9. The van der Waals surface area contributed by atoms with E-state index in [-0.39, 0.29) is 17.8 Å². The highest BCUT2D eigenvalue weighted by Crippen LogP contribution is 2.35. The van der Waals surface area contributed by atoms with Crippen LogP contribution in [0.2, 0.25) is 0 Å². The largest absolute Gasteiger partial charge is 0.444 e. The van der Waals surface area contributed by atoms with E-state index in [0.29, 0.717) is 35.9 Å². The van der Waals surface area contributed by atoms with Crippen LogP contribution in [0.5, 0.6) is 0 Å². The number of piperazine rings is 1. The molecule has 0 radical (unpaired) electrons. The molecule has 0 saturated carbocycles. The van der Waals surface area contributed by atoms with Crippen LogP contribution in [0.15, 0.2) is 47.3 Å². The molecule has 0 aromatic carbocycles. The standard InChI is InChI=1S/C28H41N5O3/c1-9-22(31-23-21(17-30-25(23)29)24(34)27(3,4)5)20-11-10-19(16-18(20)2)32-12-14-33(15-13-32)26(35)36-28(6,7)8/h9-11,17-18,30H,1,12-16,29H2,2-8H3/b31-22+/t18-/m0/s1. The zero-order chi connectivity index (χ0) is 26.8. The minimum atomic E-state index is -0.546. The van der Waals surface area contributed by atoms with E-state index in [0.717, 1.165) is 25.1 Å². The van der Waals surface area contributed by atoms with Gasteiger partial charge in [-0.05, 0) is 50.8 Å². The number of aliphatic imine (C=N–C) groups is 1. The number of nitrogens with two attached hydrogens (primary N) is 1. The van der Waals surface area contributed by atoms with Crippen LogP contribution < -0.4 is 5.73 Å². The third-order valence-corrected chi connectivity index (χ3v) is 6.37. The van der Waals surface area contributed by atoms with Crippen LogP contribution in [-0.4, -0.2) is 64.2 Å². The molecule has 1 amide bonds. The van der Waals surface area contributed by atoms with Crippen LogP contribution >= 0.6 is 0 Å². The highest BCUT2D eigenvalue weighted by Gasteiger charge is 2.30. The van der Waals surface area contributed by atoms with E-state index in [9.17, 15) is 9.59 Å². The zero-order valence-corrected chi connectivity index (χ0v) is 22.8. The molecule has 1 aromatic heterocycles. The molecule has 1 atom stereocenters. The Bertz CT molecular complexity index is 1100. The Morgan fingerprint density at radius 1 is 1.14 bits per heavy atom. The van der Waals surface area contributed by atoms with E-state index in [2.05, 4.69) is 35.5 Å². The minimum absolute atomic E-state index is 0.0176. The van der Waals surface area contributed by atoms with E-state index < -0.39 is 11.0 Å². The molecule has 8 heteroatoms. The van der Waals surface area contributed by atoms with Gasteiger partial charge in [-0.15, -0.1) is 0 Å². The molecule has 1 saturated heterocycles. The molecule has 1 aliphatic heterocycles. The lowest BCUT2D eigenvalue weighted by atomic mass is 9.86. The second-order valence-electron chi connectivity index (χ2n) is 11.6. The van der Waals surface area contributed by atoms with Gasteiger partial charge in [0.1, 0.15) is 17.1 Å². The lowest BCUT2D eigenvalue weighted by Gasteiger charge is -2.39. The lowest BCUT2D eigenvalue weighted by molar-refractivity contribution is 0.0165. The van der Waals surface area contributed by atoms with Gasteiger partial charge in [0, 0.05) is 43.5 Å².